The molecule has 2 aromatic rings. The number of hydrogen-bond acceptors (Lipinski definition) is 3. The van der Waals surface area contributed by atoms with Gasteiger partial charge in [-0.15, -0.1) is 0 Å². The minimum atomic E-state index is 0.124. The first-order valence-electron chi connectivity index (χ1n) is 10.3. The van der Waals surface area contributed by atoms with Crippen molar-refractivity contribution in [2.75, 3.05) is 18.9 Å². The van der Waals surface area contributed by atoms with Crippen LogP contribution in [0.2, 0.25) is 0 Å². The highest BCUT2D eigenvalue weighted by Crippen LogP contribution is 2.11. The largest absolute Gasteiger partial charge is 0.356 e. The van der Waals surface area contributed by atoms with E-state index in [2.05, 4.69) is 59.3 Å². The van der Waals surface area contributed by atoms with Crippen molar-refractivity contribution in [3.63, 3.8) is 0 Å². The van der Waals surface area contributed by atoms with Crippen LogP contribution in [0.15, 0.2) is 48.5 Å². The predicted octanol–water partition coefficient (Wildman–Crippen LogP) is 4.28. The van der Waals surface area contributed by atoms with Gasteiger partial charge in [-0.25, -0.2) is 0 Å². The summed E-state index contributed by atoms with van der Waals surface area (Å²) in [6, 6.07) is 17.4. The molecule has 0 saturated heterocycles. The van der Waals surface area contributed by atoms with Gasteiger partial charge in [0.05, 0.1) is 4.99 Å². The van der Waals surface area contributed by atoms with E-state index in [-0.39, 0.29) is 5.91 Å². The Morgan fingerprint density at radius 3 is 2.17 bits per heavy atom. The monoisotopic (exact) mass is 411 g/mol. The molecule has 0 aliphatic heterocycles. The molecule has 156 valence electrons. The van der Waals surface area contributed by atoms with E-state index >= 15 is 0 Å². The molecular weight excluding hydrogens is 378 g/mol. The van der Waals surface area contributed by atoms with E-state index in [0.29, 0.717) is 19.0 Å². The third kappa shape index (κ3) is 9.20. The molecule has 0 aliphatic rings. The van der Waals surface area contributed by atoms with Gasteiger partial charge < -0.3 is 16.0 Å². The van der Waals surface area contributed by atoms with Gasteiger partial charge in [0.1, 0.15) is 0 Å². The Kier molecular flexibility index (Phi) is 9.81. The second kappa shape index (κ2) is 12.3. The quantitative estimate of drug-likeness (QED) is 0.483. The van der Waals surface area contributed by atoms with Crippen molar-refractivity contribution in [1.29, 1.82) is 0 Å². The maximum Gasteiger partial charge on any atom is 0.220 e. The maximum atomic E-state index is 12.1. The van der Waals surface area contributed by atoms with Gasteiger partial charge in [-0.2, -0.15) is 0 Å². The fourth-order valence-corrected chi connectivity index (χ4v) is 3.26. The zero-order valence-corrected chi connectivity index (χ0v) is 18.6. The van der Waals surface area contributed by atoms with Crippen LogP contribution in [0.3, 0.4) is 0 Å². The minimum absolute atomic E-state index is 0.124. The van der Waals surface area contributed by atoms with Gasteiger partial charge in [-0.05, 0) is 75.4 Å². The lowest BCUT2D eigenvalue weighted by Crippen LogP contribution is -2.25. The number of likely N-dealkylation sites (N-methyl/N-ethyl adjacent to an activating group) is 1. The fourth-order valence-electron chi connectivity index (χ4n) is 3.14. The van der Waals surface area contributed by atoms with Gasteiger partial charge in [0, 0.05) is 24.7 Å². The summed E-state index contributed by atoms with van der Waals surface area (Å²) in [5, 5.41) is 9.39. The third-order valence-electron chi connectivity index (χ3n) is 4.94. The smallest absolute Gasteiger partial charge is 0.220 e. The van der Waals surface area contributed by atoms with Crippen molar-refractivity contribution in [3.8, 4) is 0 Å². The van der Waals surface area contributed by atoms with Crippen LogP contribution in [0.1, 0.15) is 43.4 Å². The Labute approximate surface area is 180 Å². The molecule has 0 spiro atoms. The lowest BCUT2D eigenvalue weighted by atomic mass is 10.0. The molecule has 2 aromatic carbocycles. The van der Waals surface area contributed by atoms with Crippen LogP contribution in [0, 0.1) is 0 Å². The number of hydrogen-bond donors (Lipinski definition) is 3. The molecule has 3 N–H and O–H groups in total. The van der Waals surface area contributed by atoms with E-state index < -0.39 is 0 Å². The van der Waals surface area contributed by atoms with Gasteiger partial charge >= 0.3 is 0 Å². The molecule has 0 unspecified atom stereocenters. The summed E-state index contributed by atoms with van der Waals surface area (Å²) >= 11 is 5.04. The fraction of sp³-hybridized carbons (Fsp3) is 0.417. The van der Waals surface area contributed by atoms with Crippen molar-refractivity contribution in [2.45, 2.75) is 52.0 Å². The standard InChI is InChI=1S/C24H33N3OS/c1-18(25-3)17-22-9-7-20(8-10-22)5-4-6-24(28)26-16-15-21-11-13-23(14-12-21)27-19(2)29/h7-14,18,25H,4-6,15-17H2,1-3H3,(H,26,28)(H,27,29)/t18-/m0/s1. The molecule has 0 aliphatic carbocycles. The van der Waals surface area contributed by atoms with E-state index in [1.165, 1.54) is 16.7 Å². The van der Waals surface area contributed by atoms with Crippen LogP contribution in [0.4, 0.5) is 5.69 Å². The summed E-state index contributed by atoms with van der Waals surface area (Å²) in [5.74, 6) is 0.124. The summed E-state index contributed by atoms with van der Waals surface area (Å²) < 4.78 is 0. The minimum Gasteiger partial charge on any atom is -0.356 e. The molecule has 0 radical (unpaired) electrons. The maximum absolute atomic E-state index is 12.1. The number of carbonyl (C=O) groups excluding carboxylic acids is 1. The number of anilines is 1. The van der Waals surface area contributed by atoms with E-state index in [9.17, 15) is 4.79 Å². The van der Waals surface area contributed by atoms with E-state index in [0.717, 1.165) is 36.4 Å². The van der Waals surface area contributed by atoms with E-state index in [1.807, 2.05) is 26.1 Å². The Morgan fingerprint density at radius 2 is 1.55 bits per heavy atom. The molecule has 0 heterocycles. The molecule has 29 heavy (non-hydrogen) atoms. The van der Waals surface area contributed by atoms with Crippen LogP contribution < -0.4 is 16.0 Å². The Morgan fingerprint density at radius 1 is 0.966 bits per heavy atom. The Balaban J connectivity index is 1.62. The first kappa shape index (κ1) is 23.0. The first-order valence-corrected chi connectivity index (χ1v) is 10.8. The van der Waals surface area contributed by atoms with Gasteiger partial charge in [0.15, 0.2) is 0 Å². The van der Waals surface area contributed by atoms with Crippen molar-refractivity contribution in [1.82, 2.24) is 10.6 Å². The lowest BCUT2D eigenvalue weighted by Gasteiger charge is -2.10. The average molecular weight is 412 g/mol. The number of thiocarbonyl (C=S) groups is 1. The highest BCUT2D eigenvalue weighted by atomic mass is 32.1. The summed E-state index contributed by atoms with van der Waals surface area (Å²) in [7, 11) is 1.99. The second-order valence-corrected chi connectivity index (χ2v) is 8.15. The van der Waals surface area contributed by atoms with Crippen LogP contribution in [0.5, 0.6) is 0 Å². The van der Waals surface area contributed by atoms with Crippen molar-refractivity contribution < 1.29 is 4.79 Å². The molecule has 5 heteroatoms. The Bertz CT molecular complexity index is 772. The molecular formula is C24H33N3OS. The third-order valence-corrected chi connectivity index (χ3v) is 5.04. The zero-order chi connectivity index (χ0) is 21.1. The summed E-state index contributed by atoms with van der Waals surface area (Å²) in [6.45, 7) is 4.71. The molecule has 4 nitrogen and oxygen atoms in total. The number of carbonyl (C=O) groups is 1. The number of aryl methyl sites for hydroxylation is 1. The molecule has 0 fully saturated rings. The topological polar surface area (TPSA) is 53.2 Å². The number of amides is 1. The van der Waals surface area contributed by atoms with Crippen molar-refractivity contribution in [3.05, 3.63) is 65.2 Å². The highest BCUT2D eigenvalue weighted by molar-refractivity contribution is 7.80. The number of nitrogens with one attached hydrogen (secondary N) is 3. The molecule has 1 amide bonds. The molecule has 0 saturated carbocycles. The normalized spacial score (nSPS) is 11.7. The van der Waals surface area contributed by atoms with Gasteiger partial charge in [-0.3, -0.25) is 4.79 Å². The Hall–Kier alpha value is -2.24. The first-order chi connectivity index (χ1) is 14.0. The van der Waals surface area contributed by atoms with Gasteiger partial charge in [0.2, 0.25) is 5.91 Å². The summed E-state index contributed by atoms with van der Waals surface area (Å²) in [6.07, 6.45) is 4.23. The molecule has 0 bridgehead atoms. The molecule has 2 rings (SSSR count). The van der Waals surface area contributed by atoms with E-state index in [1.54, 1.807) is 0 Å². The zero-order valence-electron chi connectivity index (χ0n) is 17.8. The van der Waals surface area contributed by atoms with Crippen molar-refractivity contribution in [2.24, 2.45) is 0 Å². The van der Waals surface area contributed by atoms with Crippen LogP contribution in [0.25, 0.3) is 0 Å². The van der Waals surface area contributed by atoms with Gasteiger partial charge in [0.25, 0.3) is 0 Å². The summed E-state index contributed by atoms with van der Waals surface area (Å²) in [5.41, 5.74) is 4.83. The SMILES string of the molecule is CN[C@@H](C)Cc1ccc(CCCC(=O)NCCc2ccc(NC(C)=S)cc2)cc1. The highest BCUT2D eigenvalue weighted by Gasteiger charge is 2.04. The van der Waals surface area contributed by atoms with Crippen LogP contribution in [-0.4, -0.2) is 30.5 Å². The average Bonchev–Trinajstić information content (AvgIpc) is 2.70. The summed E-state index contributed by atoms with van der Waals surface area (Å²) in [4.78, 5) is 12.8. The van der Waals surface area contributed by atoms with Crippen LogP contribution >= 0.6 is 12.2 Å². The lowest BCUT2D eigenvalue weighted by molar-refractivity contribution is -0.121. The number of benzene rings is 2. The molecule has 1 atom stereocenters. The van der Waals surface area contributed by atoms with Gasteiger partial charge in [-0.1, -0.05) is 48.6 Å². The predicted molar refractivity (Wildman–Crippen MR) is 127 cm³/mol. The molecule has 0 aromatic heterocycles. The van der Waals surface area contributed by atoms with E-state index in [4.69, 9.17) is 12.2 Å². The second-order valence-electron chi connectivity index (χ2n) is 7.54. The van der Waals surface area contributed by atoms with Crippen molar-refractivity contribution >= 4 is 28.8 Å². The van der Waals surface area contributed by atoms with Crippen LogP contribution in [-0.2, 0) is 24.1 Å². The number of rotatable bonds is 11.